The van der Waals surface area contributed by atoms with Crippen molar-refractivity contribution in [1.82, 2.24) is 9.21 Å². The highest BCUT2D eigenvalue weighted by Crippen LogP contribution is 2.29. The molecule has 0 saturated carbocycles. The van der Waals surface area contributed by atoms with Gasteiger partial charge in [-0.1, -0.05) is 12.1 Å². The van der Waals surface area contributed by atoms with Gasteiger partial charge in [-0.25, -0.2) is 12.8 Å². The molecule has 1 unspecified atom stereocenters. The van der Waals surface area contributed by atoms with Gasteiger partial charge in [0.1, 0.15) is 11.9 Å². The summed E-state index contributed by atoms with van der Waals surface area (Å²) in [5.41, 5.74) is 6.17. The van der Waals surface area contributed by atoms with Gasteiger partial charge < -0.3 is 5.73 Å². The fourth-order valence-electron chi connectivity index (χ4n) is 3.40. The Kier molecular flexibility index (Phi) is 5.66. The van der Waals surface area contributed by atoms with Crippen LogP contribution >= 0.6 is 11.3 Å². The summed E-state index contributed by atoms with van der Waals surface area (Å²) in [7, 11) is -3.56. The molecule has 2 aromatic rings. The van der Waals surface area contributed by atoms with E-state index in [2.05, 4.69) is 0 Å². The van der Waals surface area contributed by atoms with Crippen molar-refractivity contribution in [2.45, 2.75) is 24.8 Å². The highest BCUT2D eigenvalue weighted by molar-refractivity contribution is 7.89. The molecule has 0 spiro atoms. The minimum atomic E-state index is -3.56. The number of nitrogens with two attached hydrogens (primary N) is 1. The van der Waals surface area contributed by atoms with Gasteiger partial charge in [0.05, 0.1) is 4.90 Å². The van der Waals surface area contributed by atoms with Crippen molar-refractivity contribution in [1.29, 1.82) is 0 Å². The van der Waals surface area contributed by atoms with E-state index >= 15 is 0 Å². The Morgan fingerprint density at radius 2 is 1.74 bits per heavy atom. The van der Waals surface area contributed by atoms with E-state index in [4.69, 9.17) is 5.73 Å². The van der Waals surface area contributed by atoms with Crippen LogP contribution in [0.2, 0.25) is 0 Å². The molecule has 1 aliphatic rings. The van der Waals surface area contributed by atoms with E-state index in [1.807, 2.05) is 11.8 Å². The average Bonchev–Trinajstić information content (AvgIpc) is 2.96. The topological polar surface area (TPSA) is 83.7 Å². The predicted octanol–water partition coefficient (Wildman–Crippen LogP) is 2.04. The first-order valence-electron chi connectivity index (χ1n) is 8.56. The molecule has 27 heavy (non-hydrogen) atoms. The Morgan fingerprint density at radius 3 is 2.22 bits per heavy atom. The van der Waals surface area contributed by atoms with Gasteiger partial charge in [-0.05, 0) is 37.6 Å². The van der Waals surface area contributed by atoms with Crippen LogP contribution < -0.4 is 5.73 Å². The summed E-state index contributed by atoms with van der Waals surface area (Å²) in [4.78, 5) is 15.9. The molecule has 146 valence electrons. The molecule has 6 nitrogen and oxygen atoms in total. The van der Waals surface area contributed by atoms with Crippen LogP contribution in [0.15, 0.2) is 35.2 Å². The number of carbonyl (C=O) groups is 1. The van der Waals surface area contributed by atoms with Gasteiger partial charge in [-0.3, -0.25) is 9.69 Å². The molecule has 1 aromatic carbocycles. The Balaban J connectivity index is 1.76. The summed E-state index contributed by atoms with van der Waals surface area (Å²) in [6.45, 7) is 4.95. The maximum atomic E-state index is 13.2. The second kappa shape index (κ2) is 7.67. The molecule has 2 heterocycles. The second-order valence-corrected chi connectivity index (χ2v) is 9.94. The summed E-state index contributed by atoms with van der Waals surface area (Å²) >= 11 is 1.46. The number of benzene rings is 1. The van der Waals surface area contributed by atoms with Crippen molar-refractivity contribution < 1.29 is 17.6 Å². The molecule has 0 bridgehead atoms. The second-order valence-electron chi connectivity index (χ2n) is 6.57. The lowest BCUT2D eigenvalue weighted by molar-refractivity contribution is -0.124. The van der Waals surface area contributed by atoms with Crippen molar-refractivity contribution in [3.8, 4) is 0 Å². The molecule has 1 aliphatic heterocycles. The Hall–Kier alpha value is -1.81. The lowest BCUT2D eigenvalue weighted by atomic mass is 10.0. The highest BCUT2D eigenvalue weighted by Gasteiger charge is 2.34. The van der Waals surface area contributed by atoms with Gasteiger partial charge in [0.2, 0.25) is 15.9 Å². The molecule has 2 N–H and O–H groups in total. The van der Waals surface area contributed by atoms with E-state index < -0.39 is 22.0 Å². The molecule has 1 amide bonds. The van der Waals surface area contributed by atoms with E-state index in [1.165, 1.54) is 39.9 Å². The fourth-order valence-corrected chi connectivity index (χ4v) is 6.35. The van der Waals surface area contributed by atoms with Crippen LogP contribution in [0.5, 0.6) is 0 Å². The summed E-state index contributed by atoms with van der Waals surface area (Å²) in [5, 5.41) is 0. The number of carbonyl (C=O) groups excluding carboxylic acids is 1. The smallest absolute Gasteiger partial charge is 0.244 e. The van der Waals surface area contributed by atoms with Crippen LogP contribution in [-0.4, -0.2) is 49.7 Å². The molecule has 3 rings (SSSR count). The number of rotatable bonds is 5. The maximum Gasteiger partial charge on any atom is 0.244 e. The van der Waals surface area contributed by atoms with Crippen LogP contribution in [0.3, 0.4) is 0 Å². The number of amides is 1. The standard InChI is InChI=1S/C18H22FN3O3S2/c1-12-11-16(13(2)26-12)27(24,25)22-9-7-21(8-10-22)17(18(20)23)14-3-5-15(19)6-4-14/h3-6,11,17H,7-10H2,1-2H3,(H2,20,23). The molecule has 0 radical (unpaired) electrons. The van der Waals surface area contributed by atoms with Crippen molar-refractivity contribution in [2.24, 2.45) is 5.73 Å². The van der Waals surface area contributed by atoms with Gasteiger partial charge in [0.25, 0.3) is 0 Å². The quantitative estimate of drug-likeness (QED) is 0.816. The van der Waals surface area contributed by atoms with Gasteiger partial charge in [0.15, 0.2) is 0 Å². The van der Waals surface area contributed by atoms with Crippen LogP contribution in [-0.2, 0) is 14.8 Å². The van der Waals surface area contributed by atoms with Crippen molar-refractivity contribution >= 4 is 27.3 Å². The Labute approximate surface area is 162 Å². The summed E-state index contributed by atoms with van der Waals surface area (Å²) in [6.07, 6.45) is 0. The average molecular weight is 412 g/mol. The van der Waals surface area contributed by atoms with Crippen LogP contribution in [0, 0.1) is 19.7 Å². The Morgan fingerprint density at radius 1 is 1.15 bits per heavy atom. The van der Waals surface area contributed by atoms with E-state index in [1.54, 1.807) is 13.0 Å². The number of hydrogen-bond acceptors (Lipinski definition) is 5. The number of aryl methyl sites for hydroxylation is 2. The first kappa shape index (κ1) is 19.9. The van der Waals surface area contributed by atoms with Crippen LogP contribution in [0.4, 0.5) is 4.39 Å². The number of piperazine rings is 1. The number of hydrogen-bond donors (Lipinski definition) is 1. The number of primary amides is 1. The largest absolute Gasteiger partial charge is 0.368 e. The van der Waals surface area contributed by atoms with Crippen LogP contribution in [0.1, 0.15) is 21.4 Å². The molecule has 1 atom stereocenters. The normalized spacial score (nSPS) is 17.7. The number of thiophene rings is 1. The zero-order chi connectivity index (χ0) is 19.8. The zero-order valence-corrected chi connectivity index (χ0v) is 16.8. The number of sulfonamides is 1. The molecule has 1 aromatic heterocycles. The minimum Gasteiger partial charge on any atom is -0.368 e. The zero-order valence-electron chi connectivity index (χ0n) is 15.2. The first-order chi connectivity index (χ1) is 12.7. The SMILES string of the molecule is Cc1cc(S(=O)(=O)N2CCN(C(C(N)=O)c3ccc(F)cc3)CC2)c(C)s1. The molecule has 9 heteroatoms. The molecule has 1 fully saturated rings. The molecular formula is C18H22FN3O3S2. The highest BCUT2D eigenvalue weighted by atomic mass is 32.2. The minimum absolute atomic E-state index is 0.266. The van der Waals surface area contributed by atoms with Gasteiger partial charge >= 0.3 is 0 Å². The third-order valence-corrected chi connectivity index (χ3v) is 7.83. The monoisotopic (exact) mass is 411 g/mol. The van der Waals surface area contributed by atoms with E-state index in [0.29, 0.717) is 23.5 Å². The molecule has 0 aliphatic carbocycles. The van der Waals surface area contributed by atoms with Crippen molar-refractivity contribution in [3.05, 3.63) is 51.5 Å². The molecule has 1 saturated heterocycles. The van der Waals surface area contributed by atoms with E-state index in [-0.39, 0.29) is 18.9 Å². The summed E-state index contributed by atoms with van der Waals surface area (Å²) < 4.78 is 40.5. The first-order valence-corrected chi connectivity index (χ1v) is 10.8. The lowest BCUT2D eigenvalue weighted by Gasteiger charge is -2.37. The third kappa shape index (κ3) is 4.06. The van der Waals surface area contributed by atoms with Gasteiger partial charge in [0, 0.05) is 35.9 Å². The predicted molar refractivity (Wildman–Crippen MR) is 102 cm³/mol. The number of halogens is 1. The van der Waals surface area contributed by atoms with E-state index in [0.717, 1.165) is 9.75 Å². The van der Waals surface area contributed by atoms with Crippen molar-refractivity contribution in [3.63, 3.8) is 0 Å². The lowest BCUT2D eigenvalue weighted by Crippen LogP contribution is -2.51. The summed E-state index contributed by atoms with van der Waals surface area (Å²) in [5.74, 6) is -0.929. The van der Waals surface area contributed by atoms with Gasteiger partial charge in [-0.2, -0.15) is 4.31 Å². The maximum absolute atomic E-state index is 13.2. The third-order valence-electron chi connectivity index (χ3n) is 4.71. The molecular weight excluding hydrogens is 389 g/mol. The number of nitrogens with zero attached hydrogens (tertiary/aromatic N) is 2. The van der Waals surface area contributed by atoms with Crippen LogP contribution in [0.25, 0.3) is 0 Å². The Bertz CT molecular complexity index is 933. The van der Waals surface area contributed by atoms with E-state index in [9.17, 15) is 17.6 Å². The summed E-state index contributed by atoms with van der Waals surface area (Å²) in [6, 6.07) is 6.63. The van der Waals surface area contributed by atoms with Gasteiger partial charge in [-0.15, -0.1) is 11.3 Å². The fraction of sp³-hybridized carbons (Fsp3) is 0.389. The van der Waals surface area contributed by atoms with Crippen molar-refractivity contribution in [2.75, 3.05) is 26.2 Å².